The minimum atomic E-state index is -0.105. The highest BCUT2D eigenvalue weighted by atomic mass is 16.2. The molecule has 202 valence electrons. The molecule has 1 heterocycles. The fourth-order valence-electron chi connectivity index (χ4n) is 5.14. The van der Waals surface area contributed by atoms with Gasteiger partial charge in [-0.3, -0.25) is 14.4 Å². The van der Waals surface area contributed by atoms with Crippen LogP contribution in [-0.2, 0) is 11.3 Å². The first-order valence-corrected chi connectivity index (χ1v) is 13.7. The van der Waals surface area contributed by atoms with Gasteiger partial charge < -0.3 is 20.0 Å². The smallest absolute Gasteiger partial charge is 0.256 e. The van der Waals surface area contributed by atoms with E-state index >= 15 is 0 Å². The molecule has 7 nitrogen and oxygen atoms in total. The monoisotopic (exact) mass is 524 g/mol. The van der Waals surface area contributed by atoms with E-state index in [1.54, 1.807) is 18.0 Å². The first kappa shape index (κ1) is 26.5. The van der Waals surface area contributed by atoms with Crippen LogP contribution in [0.15, 0.2) is 72.8 Å². The van der Waals surface area contributed by atoms with Gasteiger partial charge in [-0.05, 0) is 55.7 Å². The summed E-state index contributed by atoms with van der Waals surface area (Å²) in [5.41, 5.74) is 4.88. The van der Waals surface area contributed by atoms with E-state index < -0.39 is 0 Å². The van der Waals surface area contributed by atoms with Crippen LogP contribution < -0.4 is 10.2 Å². The molecule has 5 rings (SSSR count). The number of benzene rings is 3. The minimum absolute atomic E-state index is 0.0215. The first-order valence-electron chi connectivity index (χ1n) is 13.7. The molecule has 1 aliphatic carbocycles. The van der Waals surface area contributed by atoms with E-state index in [4.69, 9.17) is 0 Å². The lowest BCUT2D eigenvalue weighted by atomic mass is 9.85. The largest absolute Gasteiger partial charge is 0.367 e. The van der Waals surface area contributed by atoms with E-state index in [0.29, 0.717) is 49.5 Å². The molecule has 0 spiro atoms. The highest BCUT2D eigenvalue weighted by Crippen LogP contribution is 2.30. The summed E-state index contributed by atoms with van der Waals surface area (Å²) in [6, 6.07) is 23.2. The molecule has 0 radical (unpaired) electrons. The van der Waals surface area contributed by atoms with Crippen molar-refractivity contribution in [1.82, 2.24) is 9.80 Å². The summed E-state index contributed by atoms with van der Waals surface area (Å²) in [6.45, 7) is 4.87. The molecule has 3 aromatic rings. The summed E-state index contributed by atoms with van der Waals surface area (Å²) in [6.07, 6.45) is 2.92. The van der Waals surface area contributed by atoms with E-state index in [2.05, 4.69) is 10.2 Å². The molecule has 1 saturated heterocycles. The van der Waals surface area contributed by atoms with Crippen LogP contribution in [0.2, 0.25) is 0 Å². The third-order valence-electron chi connectivity index (χ3n) is 7.79. The molecule has 2 aliphatic rings. The first-order chi connectivity index (χ1) is 18.9. The predicted octanol–water partition coefficient (Wildman–Crippen LogP) is 4.97. The van der Waals surface area contributed by atoms with Crippen LogP contribution in [0, 0.1) is 12.8 Å². The fourth-order valence-corrected chi connectivity index (χ4v) is 5.14. The van der Waals surface area contributed by atoms with Crippen molar-refractivity contribution in [3.63, 3.8) is 0 Å². The molecule has 0 aromatic heterocycles. The van der Waals surface area contributed by atoms with Gasteiger partial charge in [0.05, 0.1) is 5.56 Å². The molecule has 0 atom stereocenters. The number of nitrogens with zero attached hydrogens (tertiary/aromatic N) is 3. The van der Waals surface area contributed by atoms with Gasteiger partial charge in [0.15, 0.2) is 0 Å². The third kappa shape index (κ3) is 6.14. The Kier molecular flexibility index (Phi) is 7.96. The second kappa shape index (κ2) is 11.7. The SMILES string of the molecule is Cc1ccc(C(=O)N2CCN(c3ccc(NC(=O)C4CCC4)cc3C(=O)N(C)Cc3ccccc3)CC2)cc1. The zero-order valence-corrected chi connectivity index (χ0v) is 22.7. The van der Waals surface area contributed by atoms with Crippen LogP contribution >= 0.6 is 0 Å². The van der Waals surface area contributed by atoms with Crippen LogP contribution in [-0.4, -0.2) is 60.7 Å². The molecule has 7 heteroatoms. The van der Waals surface area contributed by atoms with Crippen LogP contribution in [0.25, 0.3) is 0 Å². The van der Waals surface area contributed by atoms with E-state index in [9.17, 15) is 14.4 Å². The molecule has 0 bridgehead atoms. The Hall–Kier alpha value is -4.13. The Morgan fingerprint density at radius 1 is 0.897 bits per heavy atom. The van der Waals surface area contributed by atoms with Gasteiger partial charge in [0, 0.05) is 62.6 Å². The third-order valence-corrected chi connectivity index (χ3v) is 7.79. The Morgan fingerprint density at radius 3 is 2.23 bits per heavy atom. The highest BCUT2D eigenvalue weighted by molar-refractivity contribution is 6.02. The Morgan fingerprint density at radius 2 is 1.59 bits per heavy atom. The molecule has 3 aromatic carbocycles. The summed E-state index contributed by atoms with van der Waals surface area (Å²) in [5, 5.41) is 3.02. The fraction of sp³-hybridized carbons (Fsp3) is 0.344. The number of hydrogen-bond donors (Lipinski definition) is 1. The normalized spacial score (nSPS) is 15.4. The molecule has 1 N–H and O–H groups in total. The molecule has 39 heavy (non-hydrogen) atoms. The van der Waals surface area contributed by atoms with Crippen molar-refractivity contribution in [2.45, 2.75) is 32.7 Å². The van der Waals surface area contributed by atoms with Crippen LogP contribution in [0.5, 0.6) is 0 Å². The molecular weight excluding hydrogens is 488 g/mol. The van der Waals surface area contributed by atoms with Crippen molar-refractivity contribution in [2.75, 3.05) is 43.4 Å². The van der Waals surface area contributed by atoms with Gasteiger partial charge in [0.25, 0.3) is 11.8 Å². The van der Waals surface area contributed by atoms with Crippen molar-refractivity contribution in [2.24, 2.45) is 5.92 Å². The summed E-state index contributed by atoms with van der Waals surface area (Å²) in [4.78, 5) is 45.2. The summed E-state index contributed by atoms with van der Waals surface area (Å²) in [5.74, 6) is 0.00588. The van der Waals surface area contributed by atoms with Gasteiger partial charge in [-0.2, -0.15) is 0 Å². The maximum atomic E-state index is 13.8. The lowest BCUT2D eigenvalue weighted by Gasteiger charge is -2.37. The van der Waals surface area contributed by atoms with Crippen molar-refractivity contribution in [3.05, 3.63) is 95.1 Å². The Balaban J connectivity index is 1.34. The quantitative estimate of drug-likeness (QED) is 0.474. The van der Waals surface area contributed by atoms with Gasteiger partial charge in [-0.25, -0.2) is 0 Å². The second-order valence-corrected chi connectivity index (χ2v) is 10.6. The second-order valence-electron chi connectivity index (χ2n) is 10.6. The van der Waals surface area contributed by atoms with Crippen LogP contribution in [0.1, 0.15) is 51.1 Å². The number of rotatable bonds is 7. The van der Waals surface area contributed by atoms with Gasteiger partial charge >= 0.3 is 0 Å². The predicted molar refractivity (Wildman–Crippen MR) is 154 cm³/mol. The molecular formula is C32H36N4O3. The molecule has 0 unspecified atom stereocenters. The van der Waals surface area contributed by atoms with Crippen molar-refractivity contribution in [3.8, 4) is 0 Å². The molecule has 2 fully saturated rings. The molecule has 3 amide bonds. The van der Waals surface area contributed by atoms with E-state index in [1.165, 1.54) is 0 Å². The number of aryl methyl sites for hydroxylation is 1. The van der Waals surface area contributed by atoms with Crippen molar-refractivity contribution < 1.29 is 14.4 Å². The Bertz CT molecular complexity index is 1330. The number of carbonyl (C=O) groups excluding carboxylic acids is 3. The number of carbonyl (C=O) groups is 3. The van der Waals surface area contributed by atoms with E-state index in [0.717, 1.165) is 36.1 Å². The average Bonchev–Trinajstić information content (AvgIpc) is 2.92. The molecule has 1 aliphatic heterocycles. The Labute approximate surface area is 230 Å². The zero-order valence-electron chi connectivity index (χ0n) is 22.7. The number of piperazine rings is 1. The topological polar surface area (TPSA) is 73.0 Å². The average molecular weight is 525 g/mol. The van der Waals surface area contributed by atoms with Gasteiger partial charge in [-0.1, -0.05) is 54.4 Å². The number of nitrogens with one attached hydrogen (secondary N) is 1. The molecule has 1 saturated carbocycles. The zero-order chi connectivity index (χ0) is 27.4. The lowest BCUT2D eigenvalue weighted by Crippen LogP contribution is -2.49. The number of hydrogen-bond acceptors (Lipinski definition) is 4. The summed E-state index contributed by atoms with van der Waals surface area (Å²) in [7, 11) is 1.80. The highest BCUT2D eigenvalue weighted by Gasteiger charge is 2.28. The van der Waals surface area contributed by atoms with Gasteiger partial charge in [-0.15, -0.1) is 0 Å². The summed E-state index contributed by atoms with van der Waals surface area (Å²) >= 11 is 0. The number of amides is 3. The number of anilines is 2. The van der Waals surface area contributed by atoms with Crippen molar-refractivity contribution in [1.29, 1.82) is 0 Å². The van der Waals surface area contributed by atoms with Gasteiger partial charge in [0.2, 0.25) is 5.91 Å². The van der Waals surface area contributed by atoms with Gasteiger partial charge in [0.1, 0.15) is 0 Å². The van der Waals surface area contributed by atoms with Crippen molar-refractivity contribution >= 4 is 29.1 Å². The lowest BCUT2D eigenvalue weighted by molar-refractivity contribution is -0.122. The maximum absolute atomic E-state index is 13.8. The van der Waals surface area contributed by atoms with E-state index in [-0.39, 0.29) is 23.6 Å². The summed E-state index contributed by atoms with van der Waals surface area (Å²) < 4.78 is 0. The standard InChI is InChI=1S/C32H36N4O3/c1-23-11-13-26(14-12-23)31(38)36-19-17-35(18-20-36)29-16-15-27(33-30(37)25-9-6-10-25)21-28(29)32(39)34(2)22-24-7-4-3-5-8-24/h3-5,7-8,11-16,21,25H,6,9-10,17-20,22H2,1-2H3,(H,33,37). The van der Waals surface area contributed by atoms with E-state index in [1.807, 2.05) is 78.6 Å². The van der Waals surface area contributed by atoms with Crippen LogP contribution in [0.4, 0.5) is 11.4 Å². The minimum Gasteiger partial charge on any atom is -0.367 e. The maximum Gasteiger partial charge on any atom is 0.256 e. The van der Waals surface area contributed by atoms with Crippen LogP contribution in [0.3, 0.4) is 0 Å².